The maximum absolute atomic E-state index is 13.3. The zero-order valence-electron chi connectivity index (χ0n) is 9.61. The first-order valence-corrected chi connectivity index (χ1v) is 5.71. The van der Waals surface area contributed by atoms with E-state index in [9.17, 15) is 13.6 Å². The van der Waals surface area contributed by atoms with Gasteiger partial charge in [0.05, 0.1) is 24.0 Å². The number of nitrogens with zero attached hydrogens (tertiary/aromatic N) is 3. The first-order valence-electron chi connectivity index (χ1n) is 5.33. The van der Waals surface area contributed by atoms with E-state index in [1.807, 2.05) is 0 Å². The second-order valence-electron chi connectivity index (χ2n) is 3.66. The van der Waals surface area contributed by atoms with E-state index in [0.29, 0.717) is 17.6 Å². The Balaban J connectivity index is 1.90. The highest BCUT2D eigenvalue weighted by Crippen LogP contribution is 2.06. The first kappa shape index (κ1) is 13.4. The highest BCUT2D eigenvalue weighted by molar-refractivity contribution is 6.30. The molecule has 5 nitrogen and oxygen atoms in total. The molecule has 2 aromatic heterocycles. The Morgan fingerprint density at radius 1 is 1.42 bits per heavy atom. The van der Waals surface area contributed by atoms with Crippen LogP contribution in [-0.2, 0) is 6.54 Å². The second kappa shape index (κ2) is 5.75. The molecule has 100 valence electrons. The summed E-state index contributed by atoms with van der Waals surface area (Å²) in [6.45, 7) is 0.594. The van der Waals surface area contributed by atoms with Crippen LogP contribution in [0.1, 0.15) is 10.5 Å². The van der Waals surface area contributed by atoms with Crippen LogP contribution in [0, 0.1) is 11.6 Å². The third-order valence-electron chi connectivity index (χ3n) is 2.25. The monoisotopic (exact) mass is 286 g/mol. The highest BCUT2D eigenvalue weighted by Gasteiger charge is 2.13. The molecule has 1 N–H and O–H groups in total. The summed E-state index contributed by atoms with van der Waals surface area (Å²) in [5.41, 5.74) is -0.445. The van der Waals surface area contributed by atoms with Crippen LogP contribution in [0.25, 0.3) is 0 Å². The van der Waals surface area contributed by atoms with Gasteiger partial charge in [-0.1, -0.05) is 11.6 Å². The number of halogens is 3. The zero-order chi connectivity index (χ0) is 13.8. The van der Waals surface area contributed by atoms with Gasteiger partial charge in [-0.05, 0) is 0 Å². The smallest absolute Gasteiger partial charge is 0.272 e. The first-order chi connectivity index (χ1) is 9.06. The minimum absolute atomic E-state index is 0.218. The van der Waals surface area contributed by atoms with Gasteiger partial charge in [-0.15, -0.1) is 0 Å². The molecule has 0 saturated carbocycles. The normalized spacial score (nSPS) is 10.5. The molecule has 0 aliphatic rings. The van der Waals surface area contributed by atoms with Crippen molar-refractivity contribution >= 4 is 17.5 Å². The Bertz CT molecular complexity index is 602. The Morgan fingerprint density at radius 2 is 2.21 bits per heavy atom. The van der Waals surface area contributed by atoms with Crippen LogP contribution in [0.3, 0.4) is 0 Å². The minimum atomic E-state index is -1.00. The lowest BCUT2D eigenvalue weighted by molar-refractivity contribution is 0.0942. The third-order valence-corrected chi connectivity index (χ3v) is 2.45. The molecule has 0 aromatic carbocycles. The van der Waals surface area contributed by atoms with Gasteiger partial charge in [0, 0.05) is 18.8 Å². The summed E-state index contributed by atoms with van der Waals surface area (Å²) >= 11 is 5.67. The second-order valence-corrected chi connectivity index (χ2v) is 4.10. The molecule has 8 heteroatoms. The molecule has 0 spiro atoms. The van der Waals surface area contributed by atoms with Gasteiger partial charge in [0.15, 0.2) is 11.5 Å². The van der Waals surface area contributed by atoms with E-state index in [1.165, 1.54) is 10.9 Å². The van der Waals surface area contributed by atoms with Gasteiger partial charge in [-0.25, -0.2) is 13.8 Å². The summed E-state index contributed by atoms with van der Waals surface area (Å²) < 4.78 is 27.4. The molecule has 1 amide bonds. The summed E-state index contributed by atoms with van der Waals surface area (Å²) in [5, 5.41) is 6.84. The molecule has 2 aromatic rings. The lowest BCUT2D eigenvalue weighted by Crippen LogP contribution is -2.29. The number of amides is 1. The molecule has 0 bridgehead atoms. The summed E-state index contributed by atoms with van der Waals surface area (Å²) in [6, 6.07) is 0.606. The maximum Gasteiger partial charge on any atom is 0.272 e. The quantitative estimate of drug-likeness (QED) is 0.929. The summed E-state index contributed by atoms with van der Waals surface area (Å²) in [7, 11) is 0. The van der Waals surface area contributed by atoms with E-state index < -0.39 is 23.2 Å². The molecular formula is C11H9ClF2N4O. The summed E-state index contributed by atoms with van der Waals surface area (Å²) in [5.74, 6) is -2.55. The average molecular weight is 287 g/mol. The summed E-state index contributed by atoms with van der Waals surface area (Å²) in [4.78, 5) is 15.0. The molecule has 0 saturated heterocycles. The van der Waals surface area contributed by atoms with Crippen molar-refractivity contribution < 1.29 is 13.6 Å². The molecule has 2 rings (SSSR count). The Labute approximate surface area is 112 Å². The van der Waals surface area contributed by atoms with E-state index in [1.54, 1.807) is 6.20 Å². The lowest BCUT2D eigenvalue weighted by Gasteiger charge is -2.05. The van der Waals surface area contributed by atoms with Crippen molar-refractivity contribution in [2.24, 2.45) is 0 Å². The van der Waals surface area contributed by atoms with Crippen molar-refractivity contribution in [2.45, 2.75) is 6.54 Å². The van der Waals surface area contributed by atoms with Gasteiger partial charge in [0.25, 0.3) is 5.91 Å². The topological polar surface area (TPSA) is 59.8 Å². The van der Waals surface area contributed by atoms with Gasteiger partial charge >= 0.3 is 0 Å². The molecule has 0 radical (unpaired) electrons. The van der Waals surface area contributed by atoms with E-state index in [2.05, 4.69) is 15.4 Å². The number of aromatic nitrogens is 3. The van der Waals surface area contributed by atoms with E-state index in [4.69, 9.17) is 11.6 Å². The SMILES string of the molecule is O=C(NCCn1cc(Cl)cn1)c1ncc(F)cc1F. The van der Waals surface area contributed by atoms with Crippen molar-refractivity contribution in [1.29, 1.82) is 0 Å². The van der Waals surface area contributed by atoms with E-state index >= 15 is 0 Å². The predicted octanol–water partition coefficient (Wildman–Crippen LogP) is 1.64. The highest BCUT2D eigenvalue weighted by atomic mass is 35.5. The van der Waals surface area contributed by atoms with Gasteiger partial charge in [-0.2, -0.15) is 5.10 Å². The lowest BCUT2D eigenvalue weighted by atomic mass is 10.3. The molecule has 0 aliphatic heterocycles. The fraction of sp³-hybridized carbons (Fsp3) is 0.182. The standard InChI is InChI=1S/C11H9ClF2N4O/c12-7-4-17-18(6-7)2-1-15-11(19)10-9(14)3-8(13)5-16-10/h3-6H,1-2H2,(H,15,19). The Hall–Kier alpha value is -2.02. The number of carbonyl (C=O) groups excluding carboxylic acids is 1. The average Bonchev–Trinajstić information content (AvgIpc) is 2.75. The number of rotatable bonds is 4. The van der Waals surface area contributed by atoms with Crippen molar-refractivity contribution in [3.05, 3.63) is 47.0 Å². The van der Waals surface area contributed by atoms with Gasteiger partial charge < -0.3 is 5.32 Å². The predicted molar refractivity (Wildman–Crippen MR) is 63.7 cm³/mol. The Kier molecular flexibility index (Phi) is 4.06. The molecule has 0 atom stereocenters. The number of hydrogen-bond donors (Lipinski definition) is 1. The van der Waals surface area contributed by atoms with Gasteiger partial charge in [0.2, 0.25) is 0 Å². The zero-order valence-corrected chi connectivity index (χ0v) is 10.4. The van der Waals surface area contributed by atoms with E-state index in [0.717, 1.165) is 6.20 Å². The largest absolute Gasteiger partial charge is 0.349 e. The van der Waals surface area contributed by atoms with Crippen LogP contribution in [0.2, 0.25) is 5.02 Å². The van der Waals surface area contributed by atoms with Crippen LogP contribution >= 0.6 is 11.6 Å². The van der Waals surface area contributed by atoms with Crippen molar-refractivity contribution in [2.75, 3.05) is 6.54 Å². The van der Waals surface area contributed by atoms with Crippen LogP contribution in [0.5, 0.6) is 0 Å². The van der Waals surface area contributed by atoms with Crippen LogP contribution in [0.15, 0.2) is 24.7 Å². The molecular weight excluding hydrogens is 278 g/mol. The number of carbonyl (C=O) groups is 1. The fourth-order valence-electron chi connectivity index (χ4n) is 1.41. The Morgan fingerprint density at radius 3 is 2.84 bits per heavy atom. The van der Waals surface area contributed by atoms with Crippen LogP contribution in [-0.4, -0.2) is 27.2 Å². The molecule has 2 heterocycles. The molecule has 0 aliphatic carbocycles. The van der Waals surface area contributed by atoms with Crippen molar-refractivity contribution in [3.8, 4) is 0 Å². The molecule has 0 fully saturated rings. The molecule has 0 unspecified atom stereocenters. The third kappa shape index (κ3) is 3.47. The van der Waals surface area contributed by atoms with Crippen LogP contribution < -0.4 is 5.32 Å². The number of pyridine rings is 1. The van der Waals surface area contributed by atoms with Gasteiger partial charge in [-0.3, -0.25) is 9.48 Å². The maximum atomic E-state index is 13.3. The fourth-order valence-corrected chi connectivity index (χ4v) is 1.57. The van der Waals surface area contributed by atoms with Crippen LogP contribution in [0.4, 0.5) is 8.78 Å². The minimum Gasteiger partial charge on any atom is -0.349 e. The van der Waals surface area contributed by atoms with Crippen molar-refractivity contribution in [1.82, 2.24) is 20.1 Å². The molecule has 19 heavy (non-hydrogen) atoms. The number of hydrogen-bond acceptors (Lipinski definition) is 3. The van der Waals surface area contributed by atoms with Gasteiger partial charge in [0.1, 0.15) is 5.82 Å². The van der Waals surface area contributed by atoms with Crippen molar-refractivity contribution in [3.63, 3.8) is 0 Å². The number of nitrogens with one attached hydrogen (secondary N) is 1. The van der Waals surface area contributed by atoms with E-state index in [-0.39, 0.29) is 6.54 Å². The summed E-state index contributed by atoms with van der Waals surface area (Å²) in [6.07, 6.45) is 3.83.